The molecule has 13 heteroatoms. The van der Waals surface area contributed by atoms with Gasteiger partial charge in [0.25, 0.3) is 10.0 Å². The first-order valence-electron chi connectivity index (χ1n) is 11.6. The van der Waals surface area contributed by atoms with Crippen molar-refractivity contribution in [2.45, 2.75) is 43.0 Å². The number of halogens is 4. The Kier molecular flexibility index (Phi) is 6.73. The Morgan fingerprint density at radius 1 is 1.08 bits per heavy atom. The highest BCUT2D eigenvalue weighted by Crippen LogP contribution is 2.31. The van der Waals surface area contributed by atoms with Gasteiger partial charge in [-0.3, -0.25) is 9.78 Å². The van der Waals surface area contributed by atoms with Crippen molar-refractivity contribution < 1.29 is 35.2 Å². The number of hydrogen-bond acceptors (Lipinski definition) is 7. The molecule has 198 valence electrons. The molecule has 5 rings (SSSR count). The molecule has 4 aromatic rings. The summed E-state index contributed by atoms with van der Waals surface area (Å²) in [6.45, 7) is 0.150. The second-order valence-electron chi connectivity index (χ2n) is 8.83. The van der Waals surface area contributed by atoms with Crippen molar-refractivity contribution in [1.29, 1.82) is 0 Å². The van der Waals surface area contributed by atoms with E-state index in [-0.39, 0.29) is 41.4 Å². The first-order valence-corrected chi connectivity index (χ1v) is 13.0. The van der Waals surface area contributed by atoms with Crippen molar-refractivity contribution in [3.05, 3.63) is 72.2 Å². The second kappa shape index (κ2) is 9.87. The molecule has 0 unspecified atom stereocenters. The molecule has 4 heterocycles. The third-order valence-electron chi connectivity index (χ3n) is 6.28. The van der Waals surface area contributed by atoms with Crippen LogP contribution in [0.15, 0.2) is 64.5 Å². The normalized spacial score (nSPS) is 16.8. The van der Waals surface area contributed by atoms with Gasteiger partial charge < -0.3 is 4.42 Å². The standard InChI is InChI=1S/C25H20F4N4O4S/c26-18-4-6-22-16(11-18)12-23(37-22)38(35,36)33-9-1-2-20(33)21(34)5-3-15-7-8-30-19(10-15)17-13-31-24(32-14-17)25(27,28)29/h4,6-8,10-14,20H,1-3,5,9H2/t20-/m0/s1. The number of carbonyl (C=O) groups excluding carboxylic acids is 1. The van der Waals surface area contributed by atoms with E-state index in [4.69, 9.17) is 4.42 Å². The zero-order valence-electron chi connectivity index (χ0n) is 19.7. The minimum absolute atomic E-state index is 0.0367. The van der Waals surface area contributed by atoms with E-state index in [1.54, 1.807) is 12.1 Å². The molecule has 1 aliphatic rings. The third kappa shape index (κ3) is 5.16. The molecule has 1 atom stereocenters. The number of pyridine rings is 1. The summed E-state index contributed by atoms with van der Waals surface area (Å²) in [5.74, 6) is -2.06. The molecule has 38 heavy (non-hydrogen) atoms. The van der Waals surface area contributed by atoms with Crippen molar-refractivity contribution >= 4 is 26.8 Å². The third-order valence-corrected chi connectivity index (χ3v) is 8.04. The van der Waals surface area contributed by atoms with Gasteiger partial charge in [0, 0.05) is 48.6 Å². The maximum absolute atomic E-state index is 13.5. The summed E-state index contributed by atoms with van der Waals surface area (Å²) in [4.78, 5) is 23.9. The Hall–Kier alpha value is -3.71. The average molecular weight is 549 g/mol. The van der Waals surface area contributed by atoms with Gasteiger partial charge in [0.1, 0.15) is 11.4 Å². The molecular formula is C25H20F4N4O4S. The van der Waals surface area contributed by atoms with Gasteiger partial charge >= 0.3 is 6.18 Å². The number of hydrogen-bond donors (Lipinski definition) is 0. The van der Waals surface area contributed by atoms with Crippen LogP contribution in [0.25, 0.3) is 22.2 Å². The summed E-state index contributed by atoms with van der Waals surface area (Å²) in [6, 6.07) is 7.35. The van der Waals surface area contributed by atoms with Gasteiger partial charge in [0.2, 0.25) is 10.9 Å². The molecule has 0 spiro atoms. The summed E-state index contributed by atoms with van der Waals surface area (Å²) in [7, 11) is -4.13. The van der Waals surface area contributed by atoms with Crippen molar-refractivity contribution in [3.8, 4) is 11.3 Å². The van der Waals surface area contributed by atoms with Gasteiger partial charge in [-0.2, -0.15) is 17.5 Å². The number of nitrogens with zero attached hydrogens (tertiary/aromatic N) is 4. The summed E-state index contributed by atoms with van der Waals surface area (Å²) < 4.78 is 84.8. The van der Waals surface area contributed by atoms with Crippen molar-refractivity contribution in [1.82, 2.24) is 19.3 Å². The molecule has 0 saturated carbocycles. The van der Waals surface area contributed by atoms with Crippen LogP contribution in [-0.4, -0.2) is 46.0 Å². The fourth-order valence-electron chi connectivity index (χ4n) is 4.41. The lowest BCUT2D eigenvalue weighted by molar-refractivity contribution is -0.145. The lowest BCUT2D eigenvalue weighted by Gasteiger charge is -2.21. The van der Waals surface area contributed by atoms with Crippen LogP contribution in [0.2, 0.25) is 0 Å². The average Bonchev–Trinajstić information content (AvgIpc) is 3.55. The number of fused-ring (bicyclic) bond motifs is 1. The van der Waals surface area contributed by atoms with E-state index < -0.39 is 33.9 Å². The molecule has 0 N–H and O–H groups in total. The lowest BCUT2D eigenvalue weighted by atomic mass is 10.0. The molecular weight excluding hydrogens is 528 g/mol. The minimum atomic E-state index is -4.65. The quantitative estimate of drug-likeness (QED) is 0.306. The lowest BCUT2D eigenvalue weighted by Crippen LogP contribution is -2.40. The molecule has 0 amide bonds. The Morgan fingerprint density at radius 2 is 1.84 bits per heavy atom. The van der Waals surface area contributed by atoms with E-state index >= 15 is 0 Å². The van der Waals surface area contributed by atoms with Crippen LogP contribution in [0, 0.1) is 5.82 Å². The largest absolute Gasteiger partial charge is 0.451 e. The molecule has 1 aromatic carbocycles. The van der Waals surface area contributed by atoms with Crippen molar-refractivity contribution in [3.63, 3.8) is 0 Å². The minimum Gasteiger partial charge on any atom is -0.443 e. The molecule has 1 aliphatic heterocycles. The van der Waals surface area contributed by atoms with Crippen LogP contribution < -0.4 is 0 Å². The van der Waals surface area contributed by atoms with Crippen molar-refractivity contribution in [2.75, 3.05) is 6.54 Å². The van der Waals surface area contributed by atoms with E-state index in [0.29, 0.717) is 29.5 Å². The topological polar surface area (TPSA) is 106 Å². The Balaban J connectivity index is 1.28. The highest BCUT2D eigenvalue weighted by molar-refractivity contribution is 7.89. The highest BCUT2D eigenvalue weighted by Gasteiger charge is 2.40. The number of sulfonamides is 1. The van der Waals surface area contributed by atoms with Gasteiger partial charge in [0.15, 0.2) is 5.78 Å². The van der Waals surface area contributed by atoms with Gasteiger partial charge in [-0.15, -0.1) is 0 Å². The Bertz CT molecular complexity index is 1600. The smallest absolute Gasteiger partial charge is 0.443 e. The number of aromatic nitrogens is 3. The Morgan fingerprint density at radius 3 is 2.58 bits per heavy atom. The van der Waals surface area contributed by atoms with Crippen LogP contribution in [0.3, 0.4) is 0 Å². The molecule has 3 aromatic heterocycles. The van der Waals surface area contributed by atoms with Crippen LogP contribution in [0.5, 0.6) is 0 Å². The van der Waals surface area contributed by atoms with Gasteiger partial charge in [0.05, 0.1) is 11.7 Å². The van der Waals surface area contributed by atoms with Crippen LogP contribution in [0.4, 0.5) is 17.6 Å². The molecule has 0 bridgehead atoms. The first kappa shape index (κ1) is 25.9. The van der Waals surface area contributed by atoms with Gasteiger partial charge in [-0.1, -0.05) is 0 Å². The summed E-state index contributed by atoms with van der Waals surface area (Å²) in [5, 5.41) is -0.0482. The van der Waals surface area contributed by atoms with E-state index in [1.807, 2.05) is 0 Å². The predicted molar refractivity (Wildman–Crippen MR) is 127 cm³/mol. The number of alkyl halides is 3. The van der Waals surface area contributed by atoms with E-state index in [9.17, 15) is 30.8 Å². The number of rotatable bonds is 7. The number of ketones is 1. The fourth-order valence-corrected chi connectivity index (χ4v) is 6.04. The maximum atomic E-state index is 13.5. The highest BCUT2D eigenvalue weighted by atomic mass is 32.2. The van der Waals surface area contributed by atoms with Gasteiger partial charge in [-0.05, 0) is 55.2 Å². The Labute approximate surface area is 214 Å². The summed E-state index contributed by atoms with van der Waals surface area (Å²) >= 11 is 0. The fraction of sp³-hybridized carbons (Fsp3) is 0.280. The van der Waals surface area contributed by atoms with E-state index in [2.05, 4.69) is 15.0 Å². The van der Waals surface area contributed by atoms with Gasteiger partial charge in [-0.25, -0.2) is 22.8 Å². The number of benzene rings is 1. The maximum Gasteiger partial charge on any atom is 0.451 e. The van der Waals surface area contributed by atoms with E-state index in [1.165, 1.54) is 30.5 Å². The van der Waals surface area contributed by atoms with Crippen molar-refractivity contribution in [2.24, 2.45) is 0 Å². The SMILES string of the molecule is O=C(CCc1ccnc(-c2cnc(C(F)(F)F)nc2)c1)[C@@H]1CCCN1S(=O)(=O)c1cc2cc(F)ccc2o1. The second-order valence-corrected chi connectivity index (χ2v) is 10.7. The van der Waals surface area contributed by atoms with Crippen LogP contribution in [0.1, 0.15) is 30.7 Å². The molecule has 0 aliphatic carbocycles. The summed E-state index contributed by atoms with van der Waals surface area (Å²) in [5.41, 5.74) is 1.54. The number of aryl methyl sites for hydroxylation is 1. The number of furan rings is 1. The number of Topliss-reactive ketones (excluding diaryl/α,β-unsaturated/α-hetero) is 1. The molecule has 1 fully saturated rings. The molecule has 1 saturated heterocycles. The van der Waals surface area contributed by atoms with Crippen LogP contribution in [-0.2, 0) is 27.4 Å². The van der Waals surface area contributed by atoms with E-state index in [0.717, 1.165) is 16.7 Å². The monoisotopic (exact) mass is 548 g/mol. The zero-order chi connectivity index (χ0) is 27.1. The zero-order valence-corrected chi connectivity index (χ0v) is 20.5. The van der Waals surface area contributed by atoms with Crippen LogP contribution >= 0.6 is 0 Å². The number of carbonyl (C=O) groups is 1. The predicted octanol–water partition coefficient (Wildman–Crippen LogP) is 4.80. The molecule has 8 nitrogen and oxygen atoms in total. The molecule has 0 radical (unpaired) electrons. The first-order chi connectivity index (χ1) is 18.0. The summed E-state index contributed by atoms with van der Waals surface area (Å²) in [6.07, 6.45) is 0.0254.